The van der Waals surface area contributed by atoms with Crippen LogP contribution >= 0.6 is 0 Å². The van der Waals surface area contributed by atoms with Crippen LogP contribution in [0.2, 0.25) is 0 Å². The molecule has 1 amide bonds. The fourth-order valence-electron chi connectivity index (χ4n) is 2.25. The number of guanidine groups is 1. The van der Waals surface area contributed by atoms with Gasteiger partial charge < -0.3 is 15.6 Å². The van der Waals surface area contributed by atoms with E-state index in [0.717, 1.165) is 18.2 Å². The Morgan fingerprint density at radius 3 is 2.71 bits per heavy atom. The van der Waals surface area contributed by atoms with Crippen molar-refractivity contribution in [1.29, 1.82) is 10.7 Å². The third kappa shape index (κ3) is 3.10. The van der Waals surface area contributed by atoms with Crippen molar-refractivity contribution in [1.82, 2.24) is 5.32 Å². The first-order valence-electron chi connectivity index (χ1n) is 6.64. The smallest absolute Gasteiger partial charge is 0.262 e. The number of nitrogens with one attached hydrogen (secondary N) is 2. The minimum atomic E-state index is -0.904. The van der Waals surface area contributed by atoms with Crippen LogP contribution in [0.5, 0.6) is 11.5 Å². The highest BCUT2D eigenvalue weighted by Gasteiger charge is 2.24. The maximum absolute atomic E-state index is 13.7. The number of ether oxygens (including phenoxy) is 1. The fraction of sp³-hybridized carbons (Fsp3) is 0.0625. The molecule has 0 heterocycles. The third-order valence-corrected chi connectivity index (χ3v) is 3.21. The van der Waals surface area contributed by atoms with Crippen molar-refractivity contribution < 1.29 is 19.0 Å². The highest BCUT2D eigenvalue weighted by atomic mass is 19.1. The molecule has 0 bridgehead atoms. The van der Waals surface area contributed by atoms with E-state index in [1.54, 1.807) is 0 Å². The summed E-state index contributed by atoms with van der Waals surface area (Å²) in [6.07, 6.45) is 0. The van der Waals surface area contributed by atoms with Crippen molar-refractivity contribution in [2.24, 2.45) is 5.73 Å². The summed E-state index contributed by atoms with van der Waals surface area (Å²) in [5.41, 5.74) is 4.94. The summed E-state index contributed by atoms with van der Waals surface area (Å²) in [5, 5.41) is 28.6. The molecule has 0 fully saturated rings. The molecule has 0 spiro atoms. The Labute approximate surface area is 136 Å². The maximum Gasteiger partial charge on any atom is 0.262 e. The number of hydrogen-bond acceptors (Lipinski definition) is 5. The number of methoxy groups -OCH3 is 1. The molecule has 2 aromatic carbocycles. The second kappa shape index (κ2) is 6.66. The number of carbonyl (C=O) groups excluding carboxylic acids is 1. The Kier molecular flexibility index (Phi) is 4.65. The van der Waals surface area contributed by atoms with Crippen molar-refractivity contribution in [2.45, 2.75) is 0 Å². The molecule has 122 valence electrons. The molecule has 0 aliphatic carbocycles. The number of hydrogen-bond donors (Lipinski definition) is 4. The van der Waals surface area contributed by atoms with Gasteiger partial charge in [-0.3, -0.25) is 15.5 Å². The average Bonchev–Trinajstić information content (AvgIpc) is 2.53. The molecule has 0 atom stereocenters. The standard InChI is InChI=1S/C16H13FN4O3/c1-24-12-5-3-9(17)6-10(12)13-8(7-18)2-4-11(22)14(13)15(23)21-16(19)20/h2-6,22H,1H3,(H4,19,20,21,23). The molecular formula is C16H13FN4O3. The van der Waals surface area contributed by atoms with Gasteiger partial charge in [0.1, 0.15) is 17.3 Å². The van der Waals surface area contributed by atoms with E-state index in [0.29, 0.717) is 0 Å². The Hall–Kier alpha value is -3.60. The second-order valence-electron chi connectivity index (χ2n) is 4.71. The summed E-state index contributed by atoms with van der Waals surface area (Å²) in [6.45, 7) is 0. The Balaban J connectivity index is 2.84. The largest absolute Gasteiger partial charge is 0.507 e. The van der Waals surface area contributed by atoms with Gasteiger partial charge in [0, 0.05) is 11.1 Å². The lowest BCUT2D eigenvalue weighted by Crippen LogP contribution is -2.36. The number of amides is 1. The summed E-state index contributed by atoms with van der Waals surface area (Å²) < 4.78 is 18.8. The number of rotatable bonds is 3. The average molecular weight is 328 g/mol. The first kappa shape index (κ1) is 16.8. The number of nitrogens with two attached hydrogens (primary N) is 1. The molecule has 0 aliphatic heterocycles. The molecule has 7 nitrogen and oxygen atoms in total. The molecule has 0 radical (unpaired) electrons. The van der Waals surface area contributed by atoms with Crippen molar-refractivity contribution in [3.05, 3.63) is 47.3 Å². The Morgan fingerprint density at radius 2 is 2.12 bits per heavy atom. The molecule has 0 saturated heterocycles. The Morgan fingerprint density at radius 1 is 1.42 bits per heavy atom. The highest BCUT2D eigenvalue weighted by Crippen LogP contribution is 2.38. The zero-order valence-corrected chi connectivity index (χ0v) is 12.6. The first-order chi connectivity index (χ1) is 11.4. The van der Waals surface area contributed by atoms with Crippen LogP contribution in [-0.2, 0) is 0 Å². The van der Waals surface area contributed by atoms with Gasteiger partial charge in [-0.2, -0.15) is 5.26 Å². The van der Waals surface area contributed by atoms with Crippen molar-refractivity contribution in [2.75, 3.05) is 7.11 Å². The number of phenolic OH excluding ortho intramolecular Hbond substituents is 1. The van der Waals surface area contributed by atoms with E-state index in [1.165, 1.54) is 19.2 Å². The number of halogens is 1. The SMILES string of the molecule is COc1ccc(F)cc1-c1c(C#N)ccc(O)c1C(=O)NC(=N)N. The fourth-order valence-corrected chi connectivity index (χ4v) is 2.25. The molecule has 2 rings (SSSR count). The van der Waals surface area contributed by atoms with Crippen molar-refractivity contribution in [3.63, 3.8) is 0 Å². The van der Waals surface area contributed by atoms with Crippen LogP contribution in [0.4, 0.5) is 4.39 Å². The highest BCUT2D eigenvalue weighted by molar-refractivity contribution is 6.11. The van der Waals surface area contributed by atoms with Crippen LogP contribution in [-0.4, -0.2) is 24.1 Å². The number of phenols is 1. The van der Waals surface area contributed by atoms with Gasteiger partial charge in [-0.05, 0) is 30.3 Å². The molecule has 5 N–H and O–H groups in total. The minimum absolute atomic E-state index is 0.0189. The molecule has 0 aliphatic rings. The van der Waals surface area contributed by atoms with Gasteiger partial charge in [-0.15, -0.1) is 0 Å². The summed E-state index contributed by atoms with van der Waals surface area (Å²) in [4.78, 5) is 12.3. The molecule has 0 aromatic heterocycles. The predicted octanol–water partition coefficient (Wildman–Crippen LogP) is 1.70. The van der Waals surface area contributed by atoms with Crippen LogP contribution < -0.4 is 15.8 Å². The zero-order valence-electron chi connectivity index (χ0n) is 12.6. The molecule has 2 aromatic rings. The van der Waals surface area contributed by atoms with Gasteiger partial charge in [0.2, 0.25) is 0 Å². The van der Waals surface area contributed by atoms with E-state index in [4.69, 9.17) is 15.9 Å². The van der Waals surface area contributed by atoms with E-state index >= 15 is 0 Å². The zero-order chi connectivity index (χ0) is 17.9. The lowest BCUT2D eigenvalue weighted by molar-refractivity contribution is 0.0974. The van der Waals surface area contributed by atoms with Crippen LogP contribution in [0.1, 0.15) is 15.9 Å². The topological polar surface area (TPSA) is 132 Å². The first-order valence-corrected chi connectivity index (χ1v) is 6.64. The van der Waals surface area contributed by atoms with Crippen LogP contribution in [0.15, 0.2) is 30.3 Å². The molecule has 0 unspecified atom stereocenters. The van der Waals surface area contributed by atoms with Crippen LogP contribution in [0.25, 0.3) is 11.1 Å². The van der Waals surface area contributed by atoms with Crippen LogP contribution in [0, 0.1) is 22.6 Å². The monoisotopic (exact) mass is 328 g/mol. The predicted molar refractivity (Wildman–Crippen MR) is 84.1 cm³/mol. The molecular weight excluding hydrogens is 315 g/mol. The normalized spacial score (nSPS) is 9.88. The van der Waals surface area contributed by atoms with Crippen molar-refractivity contribution in [3.8, 4) is 28.7 Å². The lowest BCUT2D eigenvalue weighted by atomic mass is 9.92. The van der Waals surface area contributed by atoms with E-state index in [-0.39, 0.29) is 28.0 Å². The van der Waals surface area contributed by atoms with E-state index in [2.05, 4.69) is 0 Å². The molecule has 8 heteroatoms. The Bertz CT molecular complexity index is 874. The number of nitriles is 1. The van der Waals surface area contributed by atoms with Gasteiger partial charge in [-0.1, -0.05) is 0 Å². The number of carbonyl (C=O) groups is 1. The summed E-state index contributed by atoms with van der Waals surface area (Å²) in [5.74, 6) is -2.40. The van der Waals surface area contributed by atoms with E-state index < -0.39 is 23.4 Å². The van der Waals surface area contributed by atoms with Gasteiger partial charge in [0.25, 0.3) is 5.91 Å². The van der Waals surface area contributed by atoms with Gasteiger partial charge in [-0.25, -0.2) is 4.39 Å². The third-order valence-electron chi connectivity index (χ3n) is 3.21. The summed E-state index contributed by atoms with van der Waals surface area (Å²) in [7, 11) is 1.35. The minimum Gasteiger partial charge on any atom is -0.507 e. The number of benzene rings is 2. The number of nitrogens with zero attached hydrogens (tertiary/aromatic N) is 1. The van der Waals surface area contributed by atoms with Gasteiger partial charge >= 0.3 is 0 Å². The molecule has 24 heavy (non-hydrogen) atoms. The van der Waals surface area contributed by atoms with E-state index in [1.807, 2.05) is 11.4 Å². The lowest BCUT2D eigenvalue weighted by Gasteiger charge is -2.15. The molecule has 0 saturated carbocycles. The number of aromatic hydroxyl groups is 1. The maximum atomic E-state index is 13.7. The van der Waals surface area contributed by atoms with Crippen molar-refractivity contribution >= 4 is 11.9 Å². The second-order valence-corrected chi connectivity index (χ2v) is 4.71. The summed E-state index contributed by atoms with van der Waals surface area (Å²) >= 11 is 0. The van der Waals surface area contributed by atoms with Crippen LogP contribution in [0.3, 0.4) is 0 Å². The van der Waals surface area contributed by atoms with Gasteiger partial charge in [0.05, 0.1) is 24.3 Å². The quantitative estimate of drug-likeness (QED) is 0.503. The summed E-state index contributed by atoms with van der Waals surface area (Å²) in [6, 6.07) is 7.91. The van der Waals surface area contributed by atoms with E-state index in [9.17, 15) is 19.6 Å². The van der Waals surface area contributed by atoms with Gasteiger partial charge in [0.15, 0.2) is 5.96 Å².